The first-order valence-electron chi connectivity index (χ1n) is 12.9. The number of piperidine rings is 1. The molecule has 0 aromatic carbocycles. The largest absolute Gasteiger partial charge is 0.469 e. The zero-order valence-corrected chi connectivity index (χ0v) is 22.0. The van der Waals surface area contributed by atoms with Crippen LogP contribution in [0.2, 0.25) is 0 Å². The van der Waals surface area contributed by atoms with E-state index in [2.05, 4.69) is 17.2 Å². The Morgan fingerprint density at radius 2 is 2.00 bits per heavy atom. The number of halogens is 1. The fourth-order valence-corrected chi connectivity index (χ4v) is 5.03. The minimum Gasteiger partial charge on any atom is -0.469 e. The van der Waals surface area contributed by atoms with Gasteiger partial charge in [0.25, 0.3) is 5.56 Å². The lowest BCUT2D eigenvalue weighted by atomic mass is 9.93. The summed E-state index contributed by atoms with van der Waals surface area (Å²) in [5.74, 6) is -0.438. The molecule has 0 unspecified atom stereocenters. The number of rotatable bonds is 9. The molecular formula is C27H35FN6O3. The van der Waals surface area contributed by atoms with E-state index in [1.54, 1.807) is 22.4 Å². The van der Waals surface area contributed by atoms with Crippen LogP contribution >= 0.6 is 0 Å². The zero-order chi connectivity index (χ0) is 26.5. The Kier molecular flexibility index (Phi) is 8.35. The van der Waals surface area contributed by atoms with Gasteiger partial charge in [-0.2, -0.15) is 0 Å². The Balaban J connectivity index is 1.63. The van der Waals surface area contributed by atoms with Gasteiger partial charge < -0.3 is 14.2 Å². The molecule has 37 heavy (non-hydrogen) atoms. The normalized spacial score (nSPS) is 17.7. The highest BCUT2D eigenvalue weighted by molar-refractivity contribution is 5.69. The Morgan fingerprint density at radius 1 is 1.19 bits per heavy atom. The second-order valence-electron chi connectivity index (χ2n) is 9.66. The second kappa shape index (κ2) is 11.7. The number of methoxy groups -OCH3 is 1. The molecule has 4 heterocycles. The predicted octanol–water partition coefficient (Wildman–Crippen LogP) is 3.33. The molecule has 4 rings (SSSR count). The molecule has 0 radical (unpaired) electrons. The topological polar surface area (TPSA) is 95.1 Å². The van der Waals surface area contributed by atoms with Gasteiger partial charge in [0.05, 0.1) is 42.8 Å². The van der Waals surface area contributed by atoms with Gasteiger partial charge in [-0.25, -0.2) is 14.1 Å². The van der Waals surface area contributed by atoms with Crippen molar-refractivity contribution in [1.29, 1.82) is 0 Å². The predicted molar refractivity (Wildman–Crippen MR) is 139 cm³/mol. The number of carbonyl (C=O) groups excluding carboxylic acids is 1. The quantitative estimate of drug-likeness (QED) is 0.408. The van der Waals surface area contributed by atoms with Crippen LogP contribution in [0.25, 0.3) is 11.4 Å². The summed E-state index contributed by atoms with van der Waals surface area (Å²) in [7, 11) is 3.16. The number of ether oxygens (including phenoxy) is 1. The molecule has 0 N–H and O–H groups in total. The third-order valence-corrected chi connectivity index (χ3v) is 6.88. The second-order valence-corrected chi connectivity index (χ2v) is 9.66. The fourth-order valence-electron chi connectivity index (χ4n) is 5.03. The summed E-state index contributed by atoms with van der Waals surface area (Å²) in [5.41, 5.74) is 4.74. The molecule has 3 aromatic rings. The van der Waals surface area contributed by atoms with E-state index in [4.69, 9.17) is 9.72 Å². The van der Waals surface area contributed by atoms with E-state index in [-0.39, 0.29) is 30.4 Å². The Bertz CT molecular complexity index is 1300. The number of hydrogen-bond donors (Lipinski definition) is 0. The molecule has 0 bridgehead atoms. The maximum Gasteiger partial charge on any atom is 0.305 e. The summed E-state index contributed by atoms with van der Waals surface area (Å²) < 4.78 is 22.8. The Hall–Kier alpha value is -3.56. The van der Waals surface area contributed by atoms with Crippen LogP contribution < -0.4 is 10.5 Å². The van der Waals surface area contributed by atoms with Crippen molar-refractivity contribution in [2.75, 3.05) is 25.1 Å². The summed E-state index contributed by atoms with van der Waals surface area (Å²) in [6.07, 6.45) is 3.95. The summed E-state index contributed by atoms with van der Waals surface area (Å²) in [6, 6.07) is 7.29. The number of anilines is 1. The van der Waals surface area contributed by atoms with Gasteiger partial charge in [-0.05, 0) is 42.9 Å². The van der Waals surface area contributed by atoms with Gasteiger partial charge in [-0.3, -0.25) is 9.59 Å². The van der Waals surface area contributed by atoms with Crippen molar-refractivity contribution >= 4 is 11.7 Å². The highest BCUT2D eigenvalue weighted by Crippen LogP contribution is 2.31. The molecular weight excluding hydrogens is 475 g/mol. The minimum absolute atomic E-state index is 0.0862. The third kappa shape index (κ3) is 6.06. The van der Waals surface area contributed by atoms with Gasteiger partial charge >= 0.3 is 5.97 Å². The molecule has 10 heteroatoms. The van der Waals surface area contributed by atoms with Crippen LogP contribution in [-0.4, -0.2) is 56.9 Å². The van der Waals surface area contributed by atoms with E-state index >= 15 is 0 Å². The first kappa shape index (κ1) is 26.5. The van der Waals surface area contributed by atoms with Gasteiger partial charge in [0, 0.05) is 32.4 Å². The van der Waals surface area contributed by atoms with E-state index in [1.807, 2.05) is 36.2 Å². The standard InChI is InChI=1S/C27H35FN6O3/c1-5-7-18-8-11-25(35)34(14-18)17-24-27(30-31-32(24)3)22-9-10-23(21(6-2)29-22)33-15-19(12-20(28)16-33)13-26(36)37-4/h8-11,14,19-20H,5-7,12-13,15-17H2,1-4H3/t19-,20+/m1/s1. The molecule has 1 saturated heterocycles. The molecule has 1 aliphatic rings. The molecule has 1 fully saturated rings. The van der Waals surface area contributed by atoms with Crippen molar-refractivity contribution in [3.05, 3.63) is 57.8 Å². The molecule has 0 saturated carbocycles. The van der Waals surface area contributed by atoms with Crippen molar-refractivity contribution in [2.24, 2.45) is 13.0 Å². The van der Waals surface area contributed by atoms with E-state index in [9.17, 15) is 14.0 Å². The monoisotopic (exact) mass is 510 g/mol. The summed E-state index contributed by atoms with van der Waals surface area (Å²) in [5, 5.41) is 8.57. The van der Waals surface area contributed by atoms with Crippen molar-refractivity contribution in [3.63, 3.8) is 0 Å². The van der Waals surface area contributed by atoms with Gasteiger partial charge in [0.15, 0.2) is 0 Å². The molecule has 0 amide bonds. The van der Waals surface area contributed by atoms with Gasteiger partial charge in [-0.15, -0.1) is 5.10 Å². The van der Waals surface area contributed by atoms with Crippen LogP contribution in [0.5, 0.6) is 0 Å². The number of aromatic nitrogens is 5. The van der Waals surface area contributed by atoms with Gasteiger partial charge in [0.1, 0.15) is 11.9 Å². The van der Waals surface area contributed by atoms with Crippen molar-refractivity contribution in [3.8, 4) is 11.4 Å². The highest BCUT2D eigenvalue weighted by Gasteiger charge is 2.30. The minimum atomic E-state index is -1.03. The summed E-state index contributed by atoms with van der Waals surface area (Å²) in [6.45, 7) is 5.27. The van der Waals surface area contributed by atoms with Crippen LogP contribution in [0.3, 0.4) is 0 Å². The van der Waals surface area contributed by atoms with Crippen LogP contribution in [0, 0.1) is 5.92 Å². The highest BCUT2D eigenvalue weighted by atomic mass is 19.1. The van der Waals surface area contributed by atoms with Crippen molar-refractivity contribution < 1.29 is 13.9 Å². The summed E-state index contributed by atoms with van der Waals surface area (Å²) in [4.78, 5) is 31.2. The van der Waals surface area contributed by atoms with E-state index in [0.717, 1.165) is 35.5 Å². The number of pyridine rings is 2. The molecule has 9 nitrogen and oxygen atoms in total. The lowest BCUT2D eigenvalue weighted by molar-refractivity contribution is -0.141. The average molecular weight is 511 g/mol. The van der Waals surface area contributed by atoms with Crippen LogP contribution in [0.4, 0.5) is 10.1 Å². The molecule has 1 aliphatic heterocycles. The first-order chi connectivity index (χ1) is 17.8. The van der Waals surface area contributed by atoms with E-state index < -0.39 is 6.17 Å². The molecule has 0 spiro atoms. The third-order valence-electron chi connectivity index (χ3n) is 6.88. The molecule has 3 aromatic heterocycles. The van der Waals surface area contributed by atoms with Gasteiger partial charge in [0.2, 0.25) is 0 Å². The van der Waals surface area contributed by atoms with E-state index in [0.29, 0.717) is 37.3 Å². The van der Waals surface area contributed by atoms with Crippen LogP contribution in [0.15, 0.2) is 35.3 Å². The molecule has 0 aliphatic carbocycles. The number of nitrogens with zero attached hydrogens (tertiary/aromatic N) is 6. The number of hydrogen-bond acceptors (Lipinski definition) is 7. The number of esters is 1. The zero-order valence-electron chi connectivity index (χ0n) is 22.0. The maximum atomic E-state index is 14.6. The lowest BCUT2D eigenvalue weighted by Crippen LogP contribution is -2.42. The van der Waals surface area contributed by atoms with Gasteiger partial charge in [-0.1, -0.05) is 31.5 Å². The van der Waals surface area contributed by atoms with Crippen molar-refractivity contribution in [2.45, 2.75) is 58.7 Å². The smallest absolute Gasteiger partial charge is 0.305 e. The molecule has 198 valence electrons. The number of alkyl halides is 1. The fraction of sp³-hybridized carbons (Fsp3) is 0.519. The summed E-state index contributed by atoms with van der Waals surface area (Å²) >= 11 is 0. The van der Waals surface area contributed by atoms with Crippen LogP contribution in [-0.2, 0) is 36.0 Å². The first-order valence-corrected chi connectivity index (χ1v) is 12.9. The SMILES string of the molecule is CCCc1ccc(=O)n(Cc2c(-c3ccc(N4C[C@@H](F)C[C@H](CC(=O)OC)C4)c(CC)n3)nnn2C)c1. The lowest BCUT2D eigenvalue weighted by Gasteiger charge is -2.36. The number of carbonyl (C=O) groups is 1. The van der Waals surface area contributed by atoms with Crippen molar-refractivity contribution in [1.82, 2.24) is 24.5 Å². The maximum absolute atomic E-state index is 14.6. The van der Waals surface area contributed by atoms with Crippen LogP contribution in [0.1, 0.15) is 50.1 Å². The Morgan fingerprint density at radius 3 is 2.73 bits per heavy atom. The van der Waals surface area contributed by atoms with E-state index in [1.165, 1.54) is 7.11 Å². The number of aryl methyl sites for hydroxylation is 3. The Labute approximate surface area is 216 Å². The molecule has 2 atom stereocenters. The average Bonchev–Trinajstić information content (AvgIpc) is 3.25.